The molecule has 0 radical (unpaired) electrons. The van der Waals surface area contributed by atoms with Gasteiger partial charge < -0.3 is 0 Å². The Hall–Kier alpha value is -1.59. The molecule has 0 atom stereocenters. The zero-order valence-electron chi connectivity index (χ0n) is 6.91. The second kappa shape index (κ2) is 2.80. The average Bonchev–Trinajstić information content (AvgIpc) is 2.30. The Labute approximate surface area is 71.8 Å². The van der Waals surface area contributed by atoms with Crippen LogP contribution in [0.15, 0.2) is 30.1 Å². The molecule has 1 aliphatic carbocycles. The van der Waals surface area contributed by atoms with Gasteiger partial charge in [0.2, 0.25) is 0 Å². The smallest absolute Gasteiger partial charge is 0.0451 e. The molecule has 0 aromatic carbocycles. The van der Waals surface area contributed by atoms with Crippen LogP contribution in [-0.4, -0.2) is 4.98 Å². The zero-order chi connectivity index (χ0) is 8.39. The molecule has 0 aliphatic heterocycles. The molecule has 0 saturated heterocycles. The molecule has 1 heteroatoms. The second-order valence-electron chi connectivity index (χ2n) is 2.74. The fourth-order valence-electron chi connectivity index (χ4n) is 1.28. The van der Waals surface area contributed by atoms with Gasteiger partial charge in [-0.3, -0.25) is 4.98 Å². The van der Waals surface area contributed by atoms with Crippen molar-refractivity contribution in [3.05, 3.63) is 47.0 Å². The van der Waals surface area contributed by atoms with E-state index in [4.69, 9.17) is 0 Å². The van der Waals surface area contributed by atoms with Crippen LogP contribution < -0.4 is 0 Å². The Kier molecular flexibility index (Phi) is 1.65. The van der Waals surface area contributed by atoms with E-state index in [1.807, 2.05) is 37.4 Å². The summed E-state index contributed by atoms with van der Waals surface area (Å²) in [5.41, 5.74) is 6.51. The first-order valence-electron chi connectivity index (χ1n) is 3.93. The van der Waals surface area contributed by atoms with Crippen molar-refractivity contribution in [2.24, 2.45) is 0 Å². The monoisotopic (exact) mass is 155 g/mol. The normalized spacial score (nSPS) is 12.8. The summed E-state index contributed by atoms with van der Waals surface area (Å²) in [6.45, 7) is 2.02. The predicted octanol–water partition coefficient (Wildman–Crippen LogP) is 2.59. The van der Waals surface area contributed by atoms with Crippen LogP contribution in [0.5, 0.6) is 0 Å². The minimum atomic E-state index is 1.07. The number of nitrogens with zero attached hydrogens (tertiary/aromatic N) is 1. The van der Waals surface area contributed by atoms with Gasteiger partial charge >= 0.3 is 0 Å². The standard InChI is InChI=1S/C11H9N/c1-9-11-6-4-2-3-5-10(11)7-8-12-9/h2,4-8H,1H3. The van der Waals surface area contributed by atoms with E-state index in [1.54, 1.807) is 0 Å². The van der Waals surface area contributed by atoms with Crippen LogP contribution in [0.3, 0.4) is 0 Å². The summed E-state index contributed by atoms with van der Waals surface area (Å²) in [7, 11) is 0. The van der Waals surface area contributed by atoms with Gasteiger partial charge in [0.05, 0.1) is 0 Å². The highest BCUT2D eigenvalue weighted by atomic mass is 14.7. The van der Waals surface area contributed by atoms with Crippen molar-refractivity contribution in [1.82, 2.24) is 4.98 Å². The van der Waals surface area contributed by atoms with Crippen molar-refractivity contribution in [2.45, 2.75) is 6.92 Å². The molecule has 0 amide bonds. The highest BCUT2D eigenvalue weighted by molar-refractivity contribution is 5.68. The Morgan fingerprint density at radius 3 is 3.25 bits per heavy atom. The van der Waals surface area contributed by atoms with E-state index in [0.29, 0.717) is 0 Å². The van der Waals surface area contributed by atoms with Crippen molar-refractivity contribution >= 4 is 12.2 Å². The number of hydrogen-bond acceptors (Lipinski definition) is 1. The molecule has 12 heavy (non-hydrogen) atoms. The molecule has 0 spiro atoms. The lowest BCUT2D eigenvalue weighted by atomic mass is 10.1. The number of aryl methyl sites for hydroxylation is 1. The van der Waals surface area contributed by atoms with Gasteiger partial charge in [0.25, 0.3) is 0 Å². The quantitative estimate of drug-likeness (QED) is 0.525. The Bertz CT molecular complexity index is 393. The van der Waals surface area contributed by atoms with Gasteiger partial charge in [0.15, 0.2) is 0 Å². The largest absolute Gasteiger partial charge is 0.261 e. The molecule has 1 aliphatic rings. The van der Waals surface area contributed by atoms with Gasteiger partial charge in [-0.25, -0.2) is 0 Å². The van der Waals surface area contributed by atoms with Gasteiger partial charge in [-0.15, -0.1) is 5.73 Å². The number of hydrogen-bond donors (Lipinski definition) is 0. The third-order valence-electron chi connectivity index (χ3n) is 1.92. The van der Waals surface area contributed by atoms with E-state index < -0.39 is 0 Å². The molecular formula is C11H9N. The number of fused-ring (bicyclic) bond motifs is 1. The highest BCUT2D eigenvalue weighted by Gasteiger charge is 2.00. The molecule has 0 saturated carbocycles. The molecule has 0 bridgehead atoms. The molecule has 58 valence electrons. The summed E-state index contributed by atoms with van der Waals surface area (Å²) in [4.78, 5) is 4.22. The maximum atomic E-state index is 4.22. The first-order valence-corrected chi connectivity index (χ1v) is 3.93. The maximum absolute atomic E-state index is 4.22. The van der Waals surface area contributed by atoms with Crippen LogP contribution >= 0.6 is 0 Å². The summed E-state index contributed by atoms with van der Waals surface area (Å²) in [5, 5.41) is 0. The van der Waals surface area contributed by atoms with Gasteiger partial charge in [-0.1, -0.05) is 12.2 Å². The van der Waals surface area contributed by atoms with Crippen LogP contribution in [-0.2, 0) is 0 Å². The van der Waals surface area contributed by atoms with Gasteiger partial charge in [-0.05, 0) is 30.7 Å². The third-order valence-corrected chi connectivity index (χ3v) is 1.92. The molecule has 0 N–H and O–H groups in total. The predicted molar refractivity (Wildman–Crippen MR) is 50.6 cm³/mol. The maximum Gasteiger partial charge on any atom is 0.0451 e. The number of allylic oxidation sites excluding steroid dienone is 2. The van der Waals surface area contributed by atoms with Crippen molar-refractivity contribution in [3.8, 4) is 0 Å². The first-order chi connectivity index (χ1) is 5.88. The lowest BCUT2D eigenvalue weighted by Gasteiger charge is -2.01. The molecular weight excluding hydrogens is 146 g/mol. The number of aromatic nitrogens is 1. The SMILES string of the molecule is Cc1nccc2c1C=CC=C=C2. The molecule has 0 unspecified atom stereocenters. The van der Waals surface area contributed by atoms with Crippen LogP contribution in [0.4, 0.5) is 0 Å². The van der Waals surface area contributed by atoms with Crippen LogP contribution in [0.25, 0.3) is 12.2 Å². The summed E-state index contributed by atoms with van der Waals surface area (Å²) in [5.74, 6) is 0. The van der Waals surface area contributed by atoms with Crippen molar-refractivity contribution < 1.29 is 0 Å². The van der Waals surface area contributed by atoms with E-state index in [1.165, 1.54) is 11.1 Å². The second-order valence-corrected chi connectivity index (χ2v) is 2.74. The Morgan fingerprint density at radius 1 is 1.42 bits per heavy atom. The van der Waals surface area contributed by atoms with Gasteiger partial charge in [-0.2, -0.15) is 0 Å². The summed E-state index contributed by atoms with van der Waals surface area (Å²) < 4.78 is 0. The van der Waals surface area contributed by atoms with E-state index in [0.717, 1.165) is 5.69 Å². The average molecular weight is 155 g/mol. The summed E-state index contributed by atoms with van der Waals surface area (Å²) >= 11 is 0. The van der Waals surface area contributed by atoms with Crippen LogP contribution in [0, 0.1) is 6.92 Å². The third kappa shape index (κ3) is 1.11. The first kappa shape index (κ1) is 7.08. The molecule has 1 aromatic heterocycles. The molecule has 1 nitrogen and oxygen atoms in total. The molecule has 2 rings (SSSR count). The Morgan fingerprint density at radius 2 is 2.33 bits per heavy atom. The topological polar surface area (TPSA) is 12.9 Å². The highest BCUT2D eigenvalue weighted by Crippen LogP contribution is 2.16. The lowest BCUT2D eigenvalue weighted by Crippen LogP contribution is -1.88. The minimum Gasteiger partial charge on any atom is -0.261 e. The molecule has 1 aromatic rings. The Balaban J connectivity index is 2.72. The number of rotatable bonds is 0. The van der Waals surface area contributed by atoms with E-state index >= 15 is 0 Å². The molecule has 1 heterocycles. The van der Waals surface area contributed by atoms with Crippen LogP contribution in [0.2, 0.25) is 0 Å². The van der Waals surface area contributed by atoms with E-state index in [2.05, 4.69) is 16.8 Å². The number of pyridine rings is 1. The summed E-state index contributed by atoms with van der Waals surface area (Å²) in [6, 6.07) is 2.00. The fraction of sp³-hybridized carbons (Fsp3) is 0.0909. The minimum absolute atomic E-state index is 1.07. The summed E-state index contributed by atoms with van der Waals surface area (Å²) in [6.07, 6.45) is 9.75. The van der Waals surface area contributed by atoms with Gasteiger partial charge in [0.1, 0.15) is 0 Å². The fourth-order valence-corrected chi connectivity index (χ4v) is 1.28. The van der Waals surface area contributed by atoms with E-state index in [-0.39, 0.29) is 0 Å². The van der Waals surface area contributed by atoms with Crippen LogP contribution in [0.1, 0.15) is 16.8 Å². The van der Waals surface area contributed by atoms with Crippen molar-refractivity contribution in [1.29, 1.82) is 0 Å². The zero-order valence-corrected chi connectivity index (χ0v) is 6.91. The van der Waals surface area contributed by atoms with Crippen molar-refractivity contribution in [2.75, 3.05) is 0 Å². The van der Waals surface area contributed by atoms with Crippen molar-refractivity contribution in [3.63, 3.8) is 0 Å². The molecule has 0 fully saturated rings. The van der Waals surface area contributed by atoms with E-state index in [9.17, 15) is 0 Å². The van der Waals surface area contributed by atoms with Gasteiger partial charge in [0, 0.05) is 17.5 Å². The lowest BCUT2D eigenvalue weighted by molar-refractivity contribution is 1.18.